The first-order valence-corrected chi connectivity index (χ1v) is 8.28. The predicted molar refractivity (Wildman–Crippen MR) is 91.1 cm³/mol. The number of hydrogen-bond acceptors (Lipinski definition) is 3. The van der Waals surface area contributed by atoms with Gasteiger partial charge in [0.1, 0.15) is 6.61 Å². The van der Waals surface area contributed by atoms with E-state index < -0.39 is 0 Å². The Morgan fingerprint density at radius 2 is 2.24 bits per heavy atom. The molecule has 2 atom stereocenters. The highest BCUT2D eigenvalue weighted by atomic mass is 79.9. The number of fused-ring (bicyclic) bond motifs is 3. The Morgan fingerprint density at radius 3 is 2.95 bits per heavy atom. The quantitative estimate of drug-likeness (QED) is 0.788. The average molecular weight is 377 g/mol. The largest absolute Gasteiger partial charge is 0.492 e. The number of nitrogens with zero attached hydrogens (tertiary/aromatic N) is 1. The minimum absolute atomic E-state index is 0. The minimum Gasteiger partial charge on any atom is -0.492 e. The number of piperidine rings is 1. The fourth-order valence-electron chi connectivity index (χ4n) is 3.63. The maximum atomic E-state index is 6.08. The van der Waals surface area contributed by atoms with Crippen molar-refractivity contribution in [2.24, 2.45) is 0 Å². The van der Waals surface area contributed by atoms with Gasteiger partial charge >= 0.3 is 0 Å². The van der Waals surface area contributed by atoms with Crippen molar-refractivity contribution in [1.29, 1.82) is 0 Å². The summed E-state index contributed by atoms with van der Waals surface area (Å²) in [5, 5.41) is 0. The first-order chi connectivity index (χ1) is 9.76. The van der Waals surface area contributed by atoms with Gasteiger partial charge in [0, 0.05) is 11.5 Å². The van der Waals surface area contributed by atoms with Crippen LogP contribution in [-0.4, -0.2) is 37.7 Å². The van der Waals surface area contributed by atoms with E-state index in [2.05, 4.69) is 39.9 Å². The van der Waals surface area contributed by atoms with Crippen molar-refractivity contribution in [2.45, 2.75) is 38.1 Å². The molecule has 2 aliphatic heterocycles. The summed E-state index contributed by atoms with van der Waals surface area (Å²) in [5.74, 6) is 2.37. The van der Waals surface area contributed by atoms with Gasteiger partial charge in [0.05, 0.1) is 17.6 Å². The van der Waals surface area contributed by atoms with Crippen LogP contribution in [-0.2, 0) is 0 Å². The van der Waals surface area contributed by atoms with Gasteiger partial charge in [0.25, 0.3) is 0 Å². The molecule has 118 valence electrons. The lowest BCUT2D eigenvalue weighted by molar-refractivity contribution is 0.0642. The number of ether oxygens (including phenoxy) is 2. The maximum absolute atomic E-state index is 6.08. The fraction of sp³-hybridized carbons (Fsp3) is 0.625. The molecule has 0 aliphatic carbocycles. The second-order valence-electron chi connectivity index (χ2n) is 5.66. The minimum atomic E-state index is 0. The van der Waals surface area contributed by atoms with Gasteiger partial charge in [-0.15, -0.1) is 12.4 Å². The second-order valence-corrected chi connectivity index (χ2v) is 6.52. The lowest BCUT2D eigenvalue weighted by Gasteiger charge is -2.44. The van der Waals surface area contributed by atoms with Crippen molar-refractivity contribution in [2.75, 3.05) is 26.8 Å². The molecule has 1 aromatic carbocycles. The van der Waals surface area contributed by atoms with Gasteiger partial charge in [-0.05, 0) is 54.3 Å². The molecule has 1 saturated heterocycles. The molecule has 21 heavy (non-hydrogen) atoms. The molecule has 0 aromatic heterocycles. The van der Waals surface area contributed by atoms with E-state index in [1.807, 2.05) is 0 Å². The van der Waals surface area contributed by atoms with Crippen LogP contribution in [0.25, 0.3) is 0 Å². The van der Waals surface area contributed by atoms with Gasteiger partial charge in [-0.2, -0.15) is 0 Å². The van der Waals surface area contributed by atoms with E-state index in [0.29, 0.717) is 12.0 Å². The van der Waals surface area contributed by atoms with Gasteiger partial charge in [0.15, 0.2) is 11.5 Å². The lowest BCUT2D eigenvalue weighted by atomic mass is 9.81. The number of hydrogen-bond donors (Lipinski definition) is 0. The third-order valence-corrected chi connectivity index (χ3v) is 5.13. The van der Waals surface area contributed by atoms with Crippen LogP contribution in [0.4, 0.5) is 0 Å². The Hall–Kier alpha value is -0.450. The summed E-state index contributed by atoms with van der Waals surface area (Å²) in [6, 6.07) is 4.82. The fourth-order valence-corrected chi connectivity index (χ4v) is 4.10. The molecule has 5 heteroatoms. The zero-order valence-electron chi connectivity index (χ0n) is 12.6. The molecule has 1 aromatic rings. The van der Waals surface area contributed by atoms with E-state index in [1.165, 1.54) is 37.9 Å². The zero-order valence-corrected chi connectivity index (χ0v) is 15.0. The highest BCUT2D eigenvalue weighted by molar-refractivity contribution is 9.10. The van der Waals surface area contributed by atoms with Crippen LogP contribution >= 0.6 is 28.3 Å². The number of likely N-dealkylation sites (tertiary alicyclic amines) is 1. The van der Waals surface area contributed by atoms with Crippen molar-refractivity contribution in [3.05, 3.63) is 22.2 Å². The Labute approximate surface area is 141 Å². The highest BCUT2D eigenvalue weighted by Gasteiger charge is 2.38. The summed E-state index contributed by atoms with van der Waals surface area (Å²) in [6.07, 6.45) is 3.74. The number of halogens is 2. The van der Waals surface area contributed by atoms with E-state index in [1.54, 1.807) is 7.11 Å². The Morgan fingerprint density at radius 1 is 1.43 bits per heavy atom. The van der Waals surface area contributed by atoms with Crippen LogP contribution in [0, 0.1) is 0 Å². The summed E-state index contributed by atoms with van der Waals surface area (Å²) in [4.78, 5) is 2.60. The predicted octanol–water partition coefficient (Wildman–Crippen LogP) is 4.23. The summed E-state index contributed by atoms with van der Waals surface area (Å²) in [5.41, 5.74) is 1.32. The molecule has 0 radical (unpaired) electrons. The van der Waals surface area contributed by atoms with Crippen LogP contribution < -0.4 is 9.47 Å². The molecule has 0 saturated carbocycles. The van der Waals surface area contributed by atoms with Crippen molar-refractivity contribution in [1.82, 2.24) is 4.90 Å². The van der Waals surface area contributed by atoms with Crippen LogP contribution in [0.3, 0.4) is 0 Å². The molecule has 0 amide bonds. The summed E-state index contributed by atoms with van der Waals surface area (Å²) < 4.78 is 12.6. The van der Waals surface area contributed by atoms with Crippen molar-refractivity contribution in [3.8, 4) is 11.5 Å². The maximum Gasteiger partial charge on any atom is 0.175 e. The zero-order chi connectivity index (χ0) is 14.1. The van der Waals surface area contributed by atoms with Crippen LogP contribution in [0.5, 0.6) is 11.5 Å². The third-order valence-electron chi connectivity index (χ3n) is 4.50. The topological polar surface area (TPSA) is 21.7 Å². The Kier molecular flexibility index (Phi) is 5.81. The van der Waals surface area contributed by atoms with E-state index in [4.69, 9.17) is 9.47 Å². The van der Waals surface area contributed by atoms with Crippen LogP contribution in [0.2, 0.25) is 0 Å². The molecule has 0 N–H and O–H groups in total. The number of methoxy groups -OCH3 is 1. The Balaban J connectivity index is 0.00000161. The standard InChI is InChI=1S/C16H22BrNO2.ClH/c1-3-8-18-9-4-5-11-12-6-7-13(17)16(19-2)15(12)20-10-14(11)18;/h6-7,11,14H,3-5,8-10H2,1-2H3;1H/t11-,14-;/m1./s1. The van der Waals surface area contributed by atoms with Gasteiger partial charge in [-0.3, -0.25) is 4.90 Å². The third kappa shape index (κ3) is 3.03. The number of benzene rings is 1. The Bertz CT molecular complexity index is 495. The van der Waals surface area contributed by atoms with Gasteiger partial charge < -0.3 is 9.47 Å². The molecule has 2 heterocycles. The van der Waals surface area contributed by atoms with Crippen molar-refractivity contribution in [3.63, 3.8) is 0 Å². The lowest BCUT2D eigenvalue weighted by Crippen LogP contribution is -2.49. The van der Waals surface area contributed by atoms with E-state index in [-0.39, 0.29) is 12.4 Å². The second kappa shape index (κ2) is 7.21. The van der Waals surface area contributed by atoms with E-state index >= 15 is 0 Å². The first-order valence-electron chi connectivity index (χ1n) is 7.49. The highest BCUT2D eigenvalue weighted by Crippen LogP contribution is 2.47. The molecular weight excluding hydrogens is 354 g/mol. The monoisotopic (exact) mass is 375 g/mol. The molecule has 1 fully saturated rings. The van der Waals surface area contributed by atoms with Crippen molar-refractivity contribution >= 4 is 28.3 Å². The van der Waals surface area contributed by atoms with Gasteiger partial charge in [-0.1, -0.05) is 13.0 Å². The number of rotatable bonds is 3. The molecule has 2 aliphatic rings. The van der Waals surface area contributed by atoms with Gasteiger partial charge in [0.2, 0.25) is 0 Å². The molecule has 3 rings (SSSR count). The smallest absolute Gasteiger partial charge is 0.175 e. The molecular formula is C16H23BrClNO2. The first kappa shape index (κ1) is 16.9. The SMILES string of the molecule is CCCN1CCC[C@@H]2c3ccc(Br)c(OC)c3OC[C@H]21.Cl. The van der Waals surface area contributed by atoms with Crippen molar-refractivity contribution < 1.29 is 9.47 Å². The molecule has 0 spiro atoms. The van der Waals surface area contributed by atoms with Crippen LogP contribution in [0.15, 0.2) is 16.6 Å². The van der Waals surface area contributed by atoms with Gasteiger partial charge in [-0.25, -0.2) is 0 Å². The molecule has 3 nitrogen and oxygen atoms in total. The van der Waals surface area contributed by atoms with E-state index in [9.17, 15) is 0 Å². The van der Waals surface area contributed by atoms with E-state index in [0.717, 1.165) is 22.6 Å². The summed E-state index contributed by atoms with van der Waals surface area (Å²) >= 11 is 3.54. The summed E-state index contributed by atoms with van der Waals surface area (Å²) in [7, 11) is 1.71. The molecule has 0 unspecified atom stereocenters. The molecule has 0 bridgehead atoms. The summed E-state index contributed by atoms with van der Waals surface area (Å²) in [6.45, 7) is 5.42. The van der Waals surface area contributed by atoms with Crippen LogP contribution in [0.1, 0.15) is 37.7 Å². The normalized spacial score (nSPS) is 24.3. The average Bonchev–Trinajstić information content (AvgIpc) is 2.47.